The fraction of sp³-hybridized carbons (Fsp3) is 0.400. The van der Waals surface area contributed by atoms with Gasteiger partial charge in [-0.1, -0.05) is 19.1 Å². The molecule has 0 fully saturated rings. The molecule has 0 saturated carbocycles. The summed E-state index contributed by atoms with van der Waals surface area (Å²) in [6, 6.07) is 8.94. The Balaban J connectivity index is 2.18. The van der Waals surface area contributed by atoms with Crippen LogP contribution in [0.4, 0.5) is 4.39 Å². The highest BCUT2D eigenvalue weighted by Crippen LogP contribution is 2.18. The molecule has 1 atom stereocenters. The molecular weight excluding hydrogens is 241 g/mol. The zero-order chi connectivity index (χ0) is 13.7. The van der Waals surface area contributed by atoms with E-state index in [2.05, 4.69) is 17.3 Å². The highest BCUT2D eigenvalue weighted by atomic mass is 19.1. The highest BCUT2D eigenvalue weighted by molar-refractivity contribution is 5.20. The van der Waals surface area contributed by atoms with E-state index >= 15 is 0 Å². The standard InChI is InChI=1S/C15H20FN3/c1-3-9-19-15(7-8-18-19)14(17-2)11-12-5-4-6-13(16)10-12/h4-8,10,14,17H,3,9,11H2,1-2H3. The number of nitrogens with one attached hydrogen (secondary N) is 1. The van der Waals surface area contributed by atoms with E-state index < -0.39 is 0 Å². The van der Waals surface area contributed by atoms with Gasteiger partial charge in [0.1, 0.15) is 5.82 Å². The van der Waals surface area contributed by atoms with Gasteiger partial charge in [0.2, 0.25) is 0 Å². The maximum Gasteiger partial charge on any atom is 0.123 e. The Kier molecular flexibility index (Phi) is 4.68. The molecule has 19 heavy (non-hydrogen) atoms. The average Bonchev–Trinajstić information content (AvgIpc) is 2.85. The number of hydrogen-bond donors (Lipinski definition) is 1. The summed E-state index contributed by atoms with van der Waals surface area (Å²) in [5, 5.41) is 7.62. The van der Waals surface area contributed by atoms with Gasteiger partial charge in [-0.15, -0.1) is 0 Å². The second-order valence-electron chi connectivity index (χ2n) is 4.65. The van der Waals surface area contributed by atoms with Crippen molar-refractivity contribution >= 4 is 0 Å². The lowest BCUT2D eigenvalue weighted by Gasteiger charge is -2.18. The molecule has 0 amide bonds. The SMILES string of the molecule is CCCn1nccc1C(Cc1cccc(F)c1)NC. The van der Waals surface area contributed by atoms with Crippen LogP contribution in [0.3, 0.4) is 0 Å². The molecule has 1 unspecified atom stereocenters. The smallest absolute Gasteiger partial charge is 0.123 e. The van der Waals surface area contributed by atoms with Crippen LogP contribution in [0.15, 0.2) is 36.5 Å². The number of benzene rings is 1. The van der Waals surface area contributed by atoms with Crippen molar-refractivity contribution in [3.8, 4) is 0 Å². The van der Waals surface area contributed by atoms with E-state index in [1.54, 1.807) is 12.1 Å². The largest absolute Gasteiger partial charge is 0.311 e. The Hall–Kier alpha value is -1.68. The molecule has 102 valence electrons. The van der Waals surface area contributed by atoms with E-state index in [1.807, 2.05) is 30.1 Å². The second-order valence-corrected chi connectivity index (χ2v) is 4.65. The molecule has 0 spiro atoms. The molecule has 1 heterocycles. The number of hydrogen-bond acceptors (Lipinski definition) is 2. The molecule has 0 bridgehead atoms. The van der Waals surface area contributed by atoms with Gasteiger partial charge in [0.25, 0.3) is 0 Å². The highest BCUT2D eigenvalue weighted by Gasteiger charge is 2.14. The second kappa shape index (κ2) is 6.48. The minimum atomic E-state index is -0.186. The fourth-order valence-electron chi connectivity index (χ4n) is 2.29. The van der Waals surface area contributed by atoms with Gasteiger partial charge in [-0.05, 0) is 43.7 Å². The first-order valence-electron chi connectivity index (χ1n) is 6.68. The molecule has 0 aliphatic heterocycles. The molecule has 2 rings (SSSR count). The third-order valence-electron chi connectivity index (χ3n) is 3.22. The minimum absolute atomic E-state index is 0.149. The van der Waals surface area contributed by atoms with Crippen molar-refractivity contribution in [2.24, 2.45) is 0 Å². The van der Waals surface area contributed by atoms with Crippen LogP contribution in [-0.2, 0) is 13.0 Å². The van der Waals surface area contributed by atoms with E-state index in [4.69, 9.17) is 0 Å². The van der Waals surface area contributed by atoms with Crippen molar-refractivity contribution in [3.05, 3.63) is 53.6 Å². The normalized spacial score (nSPS) is 12.6. The van der Waals surface area contributed by atoms with E-state index in [1.165, 1.54) is 6.07 Å². The van der Waals surface area contributed by atoms with Crippen molar-refractivity contribution in [1.29, 1.82) is 0 Å². The van der Waals surface area contributed by atoms with Gasteiger partial charge in [-0.2, -0.15) is 5.10 Å². The summed E-state index contributed by atoms with van der Waals surface area (Å²) >= 11 is 0. The summed E-state index contributed by atoms with van der Waals surface area (Å²) in [4.78, 5) is 0. The maximum absolute atomic E-state index is 13.2. The van der Waals surface area contributed by atoms with Crippen molar-refractivity contribution in [2.45, 2.75) is 32.4 Å². The van der Waals surface area contributed by atoms with Gasteiger partial charge in [0, 0.05) is 12.7 Å². The first-order chi connectivity index (χ1) is 9.24. The fourth-order valence-corrected chi connectivity index (χ4v) is 2.29. The average molecular weight is 261 g/mol. The number of aromatic nitrogens is 2. The Morgan fingerprint density at radius 3 is 2.89 bits per heavy atom. The lowest BCUT2D eigenvalue weighted by atomic mass is 10.0. The molecule has 1 aromatic carbocycles. The summed E-state index contributed by atoms with van der Waals surface area (Å²) < 4.78 is 15.2. The lowest BCUT2D eigenvalue weighted by Crippen LogP contribution is -2.22. The van der Waals surface area contributed by atoms with Crippen LogP contribution < -0.4 is 5.32 Å². The Morgan fingerprint density at radius 1 is 1.37 bits per heavy atom. The van der Waals surface area contributed by atoms with Crippen LogP contribution in [-0.4, -0.2) is 16.8 Å². The van der Waals surface area contributed by atoms with Gasteiger partial charge >= 0.3 is 0 Å². The molecule has 0 aliphatic carbocycles. The minimum Gasteiger partial charge on any atom is -0.311 e. The van der Waals surface area contributed by atoms with Gasteiger partial charge in [-0.25, -0.2) is 4.39 Å². The Morgan fingerprint density at radius 2 is 2.21 bits per heavy atom. The lowest BCUT2D eigenvalue weighted by molar-refractivity contribution is 0.496. The number of aryl methyl sites for hydroxylation is 1. The summed E-state index contributed by atoms with van der Waals surface area (Å²) in [6.45, 7) is 3.04. The monoisotopic (exact) mass is 261 g/mol. The van der Waals surface area contributed by atoms with Crippen molar-refractivity contribution in [1.82, 2.24) is 15.1 Å². The quantitative estimate of drug-likeness (QED) is 0.866. The van der Waals surface area contributed by atoms with E-state index in [-0.39, 0.29) is 11.9 Å². The predicted octanol–water partition coefficient (Wildman–Crippen LogP) is 2.94. The summed E-state index contributed by atoms with van der Waals surface area (Å²) in [5.41, 5.74) is 2.14. The first kappa shape index (κ1) is 13.7. The van der Waals surface area contributed by atoms with Gasteiger partial charge < -0.3 is 5.32 Å². The third kappa shape index (κ3) is 3.41. The molecule has 0 radical (unpaired) electrons. The predicted molar refractivity (Wildman–Crippen MR) is 74.4 cm³/mol. The third-order valence-corrected chi connectivity index (χ3v) is 3.22. The summed E-state index contributed by atoms with van der Waals surface area (Å²) in [6.07, 6.45) is 3.62. The van der Waals surface area contributed by atoms with Crippen LogP contribution in [0.1, 0.15) is 30.6 Å². The number of rotatable bonds is 6. The van der Waals surface area contributed by atoms with Crippen LogP contribution >= 0.6 is 0 Å². The van der Waals surface area contributed by atoms with Gasteiger partial charge in [0.15, 0.2) is 0 Å². The Bertz CT molecular complexity index is 522. The first-order valence-corrected chi connectivity index (χ1v) is 6.68. The molecular formula is C15H20FN3. The van der Waals surface area contributed by atoms with E-state index in [0.717, 1.165) is 30.6 Å². The molecule has 0 aliphatic rings. The van der Waals surface area contributed by atoms with Crippen molar-refractivity contribution < 1.29 is 4.39 Å². The summed E-state index contributed by atoms with van der Waals surface area (Å²) in [7, 11) is 1.92. The van der Waals surface area contributed by atoms with Crippen molar-refractivity contribution in [2.75, 3.05) is 7.05 Å². The zero-order valence-electron chi connectivity index (χ0n) is 11.4. The van der Waals surface area contributed by atoms with Crippen LogP contribution in [0.5, 0.6) is 0 Å². The van der Waals surface area contributed by atoms with Gasteiger partial charge in [0.05, 0.1) is 11.7 Å². The zero-order valence-corrected chi connectivity index (χ0v) is 11.4. The molecule has 3 nitrogen and oxygen atoms in total. The molecule has 2 aromatic rings. The summed E-state index contributed by atoms with van der Waals surface area (Å²) in [5.74, 6) is -0.186. The molecule has 1 N–H and O–H groups in total. The molecule has 1 aromatic heterocycles. The van der Waals surface area contributed by atoms with Crippen LogP contribution in [0.25, 0.3) is 0 Å². The number of likely N-dealkylation sites (N-methyl/N-ethyl adjacent to an activating group) is 1. The Labute approximate surface area is 113 Å². The van der Waals surface area contributed by atoms with Crippen molar-refractivity contribution in [3.63, 3.8) is 0 Å². The van der Waals surface area contributed by atoms with E-state index in [0.29, 0.717) is 0 Å². The number of halogens is 1. The molecule has 4 heteroatoms. The van der Waals surface area contributed by atoms with E-state index in [9.17, 15) is 4.39 Å². The van der Waals surface area contributed by atoms with Crippen LogP contribution in [0.2, 0.25) is 0 Å². The molecule has 0 saturated heterocycles. The maximum atomic E-state index is 13.2. The van der Waals surface area contributed by atoms with Crippen LogP contribution in [0, 0.1) is 5.82 Å². The van der Waals surface area contributed by atoms with Gasteiger partial charge in [-0.3, -0.25) is 4.68 Å². The number of nitrogens with zero attached hydrogens (tertiary/aromatic N) is 2. The topological polar surface area (TPSA) is 29.9 Å².